The van der Waals surface area contributed by atoms with Crippen LogP contribution in [0, 0.1) is 0 Å². The number of nitrogens with zero attached hydrogens (tertiary/aromatic N) is 1. The number of carbonyl (C=O) groups is 2. The Balaban J connectivity index is 4.59. The maximum absolute atomic E-state index is 10.6. The largest absolute Gasteiger partial charge is 0.480 e. The van der Waals surface area contributed by atoms with Crippen molar-refractivity contribution in [2.45, 2.75) is 39.2 Å². The van der Waals surface area contributed by atoms with Crippen LogP contribution in [0.1, 0.15) is 33.6 Å². The summed E-state index contributed by atoms with van der Waals surface area (Å²) in [5.74, 6) is -2.00. The molecule has 0 aromatic heterocycles. The van der Waals surface area contributed by atoms with Crippen LogP contribution in [0.25, 0.3) is 0 Å². The summed E-state index contributed by atoms with van der Waals surface area (Å²) >= 11 is 0. The van der Waals surface area contributed by atoms with E-state index in [0.717, 1.165) is 12.8 Å². The molecule has 5 heteroatoms. The molecule has 0 atom stereocenters. The Morgan fingerprint density at radius 2 is 1.53 bits per heavy atom. The van der Waals surface area contributed by atoms with Gasteiger partial charge in [-0.05, 0) is 20.3 Å². The minimum atomic E-state index is -1.000. The molecule has 0 aliphatic rings. The second-order valence-electron chi connectivity index (χ2n) is 4.21. The van der Waals surface area contributed by atoms with Crippen LogP contribution in [0.3, 0.4) is 0 Å². The number of hydrogen-bond acceptors (Lipinski definition) is 3. The van der Waals surface area contributed by atoms with Crippen LogP contribution >= 0.6 is 0 Å². The van der Waals surface area contributed by atoms with Gasteiger partial charge in [0.05, 0.1) is 13.1 Å². The van der Waals surface area contributed by atoms with E-state index in [0.29, 0.717) is 0 Å². The summed E-state index contributed by atoms with van der Waals surface area (Å²) < 4.78 is 0. The van der Waals surface area contributed by atoms with Crippen molar-refractivity contribution in [1.29, 1.82) is 0 Å². The van der Waals surface area contributed by atoms with Crippen LogP contribution in [0.4, 0.5) is 0 Å². The minimum absolute atomic E-state index is 0.237. The van der Waals surface area contributed by atoms with E-state index in [-0.39, 0.29) is 13.1 Å². The van der Waals surface area contributed by atoms with Gasteiger partial charge in [0.15, 0.2) is 0 Å². The molecular formula is C10H19NO4. The highest BCUT2D eigenvalue weighted by Gasteiger charge is 2.28. The van der Waals surface area contributed by atoms with Crippen molar-refractivity contribution in [2.24, 2.45) is 0 Å². The topological polar surface area (TPSA) is 77.8 Å². The zero-order valence-corrected chi connectivity index (χ0v) is 9.49. The van der Waals surface area contributed by atoms with Gasteiger partial charge in [-0.3, -0.25) is 14.5 Å². The molecule has 0 fully saturated rings. The third-order valence-corrected chi connectivity index (χ3v) is 2.37. The summed E-state index contributed by atoms with van der Waals surface area (Å²) in [6.45, 7) is 5.24. The molecule has 88 valence electrons. The van der Waals surface area contributed by atoms with Crippen LogP contribution in [0.15, 0.2) is 0 Å². The predicted octanol–water partition coefficient (Wildman–Crippen LogP) is 1.04. The Morgan fingerprint density at radius 1 is 1.13 bits per heavy atom. The van der Waals surface area contributed by atoms with E-state index in [1.807, 2.05) is 20.8 Å². The summed E-state index contributed by atoms with van der Waals surface area (Å²) in [5.41, 5.74) is -0.397. The predicted molar refractivity (Wildman–Crippen MR) is 55.8 cm³/mol. The number of carboxylic acids is 2. The van der Waals surface area contributed by atoms with Gasteiger partial charge in [0.25, 0.3) is 0 Å². The van der Waals surface area contributed by atoms with Gasteiger partial charge in [-0.2, -0.15) is 0 Å². The molecule has 0 heterocycles. The smallest absolute Gasteiger partial charge is 0.317 e. The van der Waals surface area contributed by atoms with Crippen molar-refractivity contribution in [1.82, 2.24) is 4.90 Å². The standard InChI is InChI=1S/C10H19NO4/c1-4-5-10(2,3)11(6-8(12)13)7-9(14)15/h4-7H2,1-3H3,(H,12,13)(H,14,15). The molecule has 0 aromatic carbocycles. The van der Waals surface area contributed by atoms with E-state index in [2.05, 4.69) is 0 Å². The zero-order chi connectivity index (χ0) is 12.1. The van der Waals surface area contributed by atoms with Crippen LogP contribution in [-0.4, -0.2) is 45.7 Å². The molecule has 0 bridgehead atoms. The third kappa shape index (κ3) is 5.37. The number of carboxylic acid groups (broad SMARTS) is 2. The molecule has 0 amide bonds. The number of aliphatic carboxylic acids is 2. The van der Waals surface area contributed by atoms with Crippen molar-refractivity contribution >= 4 is 11.9 Å². The van der Waals surface area contributed by atoms with E-state index in [9.17, 15) is 9.59 Å². The Kier molecular flexibility index (Phi) is 5.28. The van der Waals surface area contributed by atoms with Gasteiger partial charge < -0.3 is 10.2 Å². The SMILES string of the molecule is CCCC(C)(C)N(CC(=O)O)CC(=O)O. The first-order valence-corrected chi connectivity index (χ1v) is 4.98. The highest BCUT2D eigenvalue weighted by molar-refractivity contribution is 5.72. The van der Waals surface area contributed by atoms with Crippen LogP contribution in [0.2, 0.25) is 0 Å². The zero-order valence-electron chi connectivity index (χ0n) is 9.49. The van der Waals surface area contributed by atoms with Gasteiger partial charge in [-0.1, -0.05) is 13.3 Å². The molecule has 5 nitrogen and oxygen atoms in total. The first-order valence-electron chi connectivity index (χ1n) is 4.98. The lowest BCUT2D eigenvalue weighted by molar-refractivity contribution is -0.144. The molecule has 0 unspecified atom stereocenters. The molecule has 0 radical (unpaired) electrons. The van der Waals surface area contributed by atoms with Crippen molar-refractivity contribution < 1.29 is 19.8 Å². The van der Waals surface area contributed by atoms with Gasteiger partial charge >= 0.3 is 11.9 Å². The number of hydrogen-bond donors (Lipinski definition) is 2. The van der Waals surface area contributed by atoms with E-state index in [4.69, 9.17) is 10.2 Å². The summed E-state index contributed by atoms with van der Waals surface area (Å²) in [4.78, 5) is 22.7. The molecule has 0 spiro atoms. The van der Waals surface area contributed by atoms with E-state index in [1.54, 1.807) is 0 Å². The highest BCUT2D eigenvalue weighted by atomic mass is 16.4. The second kappa shape index (κ2) is 5.70. The van der Waals surface area contributed by atoms with Gasteiger partial charge in [-0.15, -0.1) is 0 Å². The third-order valence-electron chi connectivity index (χ3n) is 2.37. The minimum Gasteiger partial charge on any atom is -0.480 e. The van der Waals surface area contributed by atoms with Crippen molar-refractivity contribution in [2.75, 3.05) is 13.1 Å². The van der Waals surface area contributed by atoms with Crippen molar-refractivity contribution in [3.05, 3.63) is 0 Å². The first kappa shape index (κ1) is 13.9. The molecular weight excluding hydrogens is 198 g/mol. The molecule has 0 rings (SSSR count). The van der Waals surface area contributed by atoms with Crippen molar-refractivity contribution in [3.63, 3.8) is 0 Å². The summed E-state index contributed by atoms with van der Waals surface area (Å²) in [7, 11) is 0. The molecule has 0 aliphatic carbocycles. The maximum atomic E-state index is 10.6. The van der Waals surface area contributed by atoms with Crippen LogP contribution in [0.5, 0.6) is 0 Å². The average Bonchev–Trinajstić information content (AvgIpc) is 2.00. The van der Waals surface area contributed by atoms with Crippen molar-refractivity contribution in [3.8, 4) is 0 Å². The second-order valence-corrected chi connectivity index (χ2v) is 4.21. The van der Waals surface area contributed by atoms with E-state index in [1.165, 1.54) is 4.90 Å². The molecule has 0 aromatic rings. The Hall–Kier alpha value is -1.10. The average molecular weight is 217 g/mol. The van der Waals surface area contributed by atoms with Crippen LogP contribution in [-0.2, 0) is 9.59 Å². The fraction of sp³-hybridized carbons (Fsp3) is 0.800. The molecule has 0 aliphatic heterocycles. The Morgan fingerprint density at radius 3 is 1.80 bits per heavy atom. The van der Waals surface area contributed by atoms with E-state index < -0.39 is 17.5 Å². The molecule has 2 N–H and O–H groups in total. The normalized spacial score (nSPS) is 11.7. The lowest BCUT2D eigenvalue weighted by atomic mass is 9.96. The fourth-order valence-corrected chi connectivity index (χ4v) is 1.58. The van der Waals surface area contributed by atoms with E-state index >= 15 is 0 Å². The Bertz CT molecular complexity index is 222. The highest BCUT2D eigenvalue weighted by Crippen LogP contribution is 2.19. The van der Waals surface area contributed by atoms with Gasteiger partial charge in [0, 0.05) is 5.54 Å². The van der Waals surface area contributed by atoms with Crippen LogP contribution < -0.4 is 0 Å². The Labute approximate surface area is 89.7 Å². The summed E-state index contributed by atoms with van der Waals surface area (Å²) in [5, 5.41) is 17.4. The lowest BCUT2D eigenvalue weighted by Crippen LogP contribution is -2.48. The fourth-order valence-electron chi connectivity index (χ4n) is 1.58. The van der Waals surface area contributed by atoms with Gasteiger partial charge in [0.2, 0.25) is 0 Å². The molecule has 0 saturated carbocycles. The van der Waals surface area contributed by atoms with Gasteiger partial charge in [-0.25, -0.2) is 0 Å². The molecule has 0 saturated heterocycles. The summed E-state index contributed by atoms with van der Waals surface area (Å²) in [6, 6.07) is 0. The van der Waals surface area contributed by atoms with Gasteiger partial charge in [0.1, 0.15) is 0 Å². The molecule has 15 heavy (non-hydrogen) atoms. The lowest BCUT2D eigenvalue weighted by Gasteiger charge is -2.36. The summed E-state index contributed by atoms with van der Waals surface area (Å²) in [6.07, 6.45) is 1.66. The monoisotopic (exact) mass is 217 g/mol. The quantitative estimate of drug-likeness (QED) is 0.666. The maximum Gasteiger partial charge on any atom is 0.317 e. The first-order chi connectivity index (χ1) is 6.79. The number of rotatable bonds is 7.